The Hall–Kier alpha value is -4.91. The first-order chi connectivity index (χ1) is 22.8. The lowest BCUT2D eigenvalue weighted by Gasteiger charge is -2.20. The van der Waals surface area contributed by atoms with Crippen LogP contribution in [0.25, 0.3) is 0 Å². The molecule has 0 aliphatic heterocycles. The highest BCUT2D eigenvalue weighted by Crippen LogP contribution is 2.29. The summed E-state index contributed by atoms with van der Waals surface area (Å²) in [7, 11) is 0. The van der Waals surface area contributed by atoms with Crippen LogP contribution in [0.5, 0.6) is 11.5 Å². The number of carbonyl (C=O) groups excluding carboxylic acids is 2. The van der Waals surface area contributed by atoms with Crippen molar-refractivity contribution < 1.29 is 42.8 Å². The number of phenols is 1. The Bertz CT molecular complexity index is 1680. The van der Waals surface area contributed by atoms with Crippen LogP contribution in [0.1, 0.15) is 62.7 Å². The van der Waals surface area contributed by atoms with E-state index < -0.39 is 24.3 Å². The van der Waals surface area contributed by atoms with Gasteiger partial charge in [0.25, 0.3) is 0 Å². The second-order valence-corrected chi connectivity index (χ2v) is 11.5. The number of benzene rings is 4. The predicted molar refractivity (Wildman–Crippen MR) is 173 cm³/mol. The van der Waals surface area contributed by atoms with E-state index >= 15 is 0 Å². The third-order valence-corrected chi connectivity index (χ3v) is 7.83. The molecule has 4 aromatic rings. The fraction of sp³-hybridized carbons (Fsp3) is 0.278. The number of hydrogen-bond acceptors (Lipinski definition) is 7. The third-order valence-electron chi connectivity index (χ3n) is 7.83. The molecule has 12 heteroatoms. The molecule has 254 valence electrons. The number of alkyl halides is 3. The Morgan fingerprint density at radius 3 is 2.12 bits per heavy atom. The van der Waals surface area contributed by atoms with E-state index in [1.807, 2.05) is 31.2 Å². The zero-order chi connectivity index (χ0) is 34.8. The Balaban J connectivity index is 1.36. The van der Waals surface area contributed by atoms with Crippen molar-refractivity contribution in [2.75, 3.05) is 13.1 Å². The largest absolute Gasteiger partial charge is 0.573 e. The lowest BCUT2D eigenvalue weighted by molar-refractivity contribution is -0.274. The first-order valence-corrected chi connectivity index (χ1v) is 15.3. The molecule has 3 atom stereocenters. The molecular formula is C36H38F3N3O6. The van der Waals surface area contributed by atoms with Gasteiger partial charge in [-0.15, -0.1) is 13.2 Å². The van der Waals surface area contributed by atoms with Crippen LogP contribution in [0.3, 0.4) is 0 Å². The molecule has 0 saturated carbocycles. The summed E-state index contributed by atoms with van der Waals surface area (Å²) in [5.74, 6) is -1.70. The van der Waals surface area contributed by atoms with E-state index in [-0.39, 0.29) is 49.6 Å². The van der Waals surface area contributed by atoms with Crippen molar-refractivity contribution in [2.45, 2.75) is 50.8 Å². The van der Waals surface area contributed by atoms with E-state index in [0.29, 0.717) is 28.7 Å². The van der Waals surface area contributed by atoms with Crippen LogP contribution in [0, 0.1) is 0 Å². The average Bonchev–Trinajstić information content (AvgIpc) is 3.04. The SMILES string of the molecule is C[C@H](Cc1cccc(CC(=O)NCC(c2ccc(OC(F)(F)F)cc2)c2ccc(C(N)=O)cc2)c1)NC[C@H](O)c1ccc(O)c(CO)c1. The van der Waals surface area contributed by atoms with E-state index in [1.165, 1.54) is 30.3 Å². The molecule has 7 N–H and O–H groups in total. The monoisotopic (exact) mass is 665 g/mol. The highest BCUT2D eigenvalue weighted by atomic mass is 19.4. The number of nitrogens with one attached hydrogen (secondary N) is 2. The number of halogens is 3. The fourth-order valence-corrected chi connectivity index (χ4v) is 5.34. The smallest absolute Gasteiger partial charge is 0.508 e. The Labute approximate surface area is 276 Å². The highest BCUT2D eigenvalue weighted by Gasteiger charge is 2.31. The normalized spacial score (nSPS) is 13.4. The molecule has 0 spiro atoms. The van der Waals surface area contributed by atoms with Gasteiger partial charge in [-0.05, 0) is 77.6 Å². The van der Waals surface area contributed by atoms with Gasteiger partial charge in [0, 0.05) is 36.2 Å². The summed E-state index contributed by atoms with van der Waals surface area (Å²) in [6, 6.07) is 24.0. The van der Waals surface area contributed by atoms with E-state index in [4.69, 9.17) is 5.73 Å². The van der Waals surface area contributed by atoms with Crippen molar-refractivity contribution >= 4 is 11.8 Å². The molecule has 0 saturated heterocycles. The Morgan fingerprint density at radius 1 is 0.875 bits per heavy atom. The molecule has 0 radical (unpaired) electrons. The van der Waals surface area contributed by atoms with Crippen LogP contribution in [0.4, 0.5) is 13.2 Å². The Morgan fingerprint density at radius 2 is 1.50 bits per heavy atom. The first-order valence-electron chi connectivity index (χ1n) is 15.3. The maximum Gasteiger partial charge on any atom is 0.573 e. The van der Waals surface area contributed by atoms with Crippen molar-refractivity contribution in [3.63, 3.8) is 0 Å². The number of aromatic hydroxyl groups is 1. The maximum atomic E-state index is 13.1. The molecule has 0 fully saturated rings. The van der Waals surface area contributed by atoms with Gasteiger partial charge in [-0.25, -0.2) is 0 Å². The van der Waals surface area contributed by atoms with Gasteiger partial charge in [0.05, 0.1) is 19.1 Å². The summed E-state index contributed by atoms with van der Waals surface area (Å²) in [6.45, 7) is 2.02. The standard InChI is InChI=1S/C36H38F3N3O6/c1-22(41-20-33(45)28-11-14-32(44)29(18-28)21-43)15-23-3-2-4-24(16-23)17-34(46)42-19-31(25-5-7-27(8-6-25)35(40)47)26-9-12-30(13-10-26)48-36(37,38)39/h2-14,16,18,22,31,33,41,43-45H,15,17,19-21H2,1H3,(H2,40,47)(H,42,46)/t22-,31?,33+/m1/s1. The van der Waals surface area contributed by atoms with Crippen molar-refractivity contribution in [1.82, 2.24) is 10.6 Å². The predicted octanol–water partition coefficient (Wildman–Crippen LogP) is 4.63. The number of amides is 2. The van der Waals surface area contributed by atoms with Gasteiger partial charge in [0.1, 0.15) is 11.5 Å². The van der Waals surface area contributed by atoms with Crippen molar-refractivity contribution in [3.8, 4) is 11.5 Å². The number of ether oxygens (including phenoxy) is 1. The first kappa shape index (κ1) is 35.9. The van der Waals surface area contributed by atoms with Gasteiger partial charge in [0.15, 0.2) is 0 Å². The summed E-state index contributed by atoms with van der Waals surface area (Å²) in [5, 5.41) is 35.9. The molecular weight excluding hydrogens is 627 g/mol. The quantitative estimate of drug-likeness (QED) is 0.108. The van der Waals surface area contributed by atoms with Gasteiger partial charge in [0.2, 0.25) is 11.8 Å². The molecule has 4 rings (SSSR count). The number of carbonyl (C=O) groups is 2. The van der Waals surface area contributed by atoms with E-state index in [9.17, 15) is 38.1 Å². The van der Waals surface area contributed by atoms with Crippen LogP contribution in [-0.4, -0.2) is 52.6 Å². The summed E-state index contributed by atoms with van der Waals surface area (Å²) in [4.78, 5) is 24.6. The number of aliphatic hydroxyl groups excluding tert-OH is 2. The minimum atomic E-state index is -4.82. The molecule has 0 bridgehead atoms. The van der Waals surface area contributed by atoms with E-state index in [2.05, 4.69) is 15.4 Å². The van der Waals surface area contributed by atoms with E-state index in [0.717, 1.165) is 16.7 Å². The molecule has 1 unspecified atom stereocenters. The van der Waals surface area contributed by atoms with Crippen molar-refractivity contribution in [1.29, 1.82) is 0 Å². The molecule has 9 nitrogen and oxygen atoms in total. The maximum absolute atomic E-state index is 13.1. The molecule has 0 aromatic heterocycles. The van der Waals surface area contributed by atoms with Crippen LogP contribution >= 0.6 is 0 Å². The van der Waals surface area contributed by atoms with Crippen LogP contribution in [0.2, 0.25) is 0 Å². The third kappa shape index (κ3) is 10.6. The molecule has 0 aliphatic carbocycles. The number of rotatable bonds is 15. The minimum absolute atomic E-state index is 0.0206. The molecule has 4 aromatic carbocycles. The summed E-state index contributed by atoms with van der Waals surface area (Å²) in [5.41, 5.74) is 9.68. The second kappa shape index (κ2) is 16.3. The lowest BCUT2D eigenvalue weighted by atomic mass is 9.90. The second-order valence-electron chi connectivity index (χ2n) is 11.5. The molecule has 2 amide bonds. The topological polar surface area (TPSA) is 154 Å². The van der Waals surface area contributed by atoms with Crippen LogP contribution in [-0.2, 0) is 24.2 Å². The number of primary amides is 1. The zero-order valence-corrected chi connectivity index (χ0v) is 26.2. The van der Waals surface area contributed by atoms with E-state index in [1.54, 1.807) is 36.4 Å². The highest BCUT2D eigenvalue weighted by molar-refractivity contribution is 5.92. The summed E-state index contributed by atoms with van der Waals surface area (Å²) >= 11 is 0. The van der Waals surface area contributed by atoms with Crippen LogP contribution in [0.15, 0.2) is 91.0 Å². The van der Waals surface area contributed by atoms with Crippen molar-refractivity contribution in [2.24, 2.45) is 5.73 Å². The molecule has 0 aliphatic rings. The van der Waals surface area contributed by atoms with Gasteiger partial charge < -0.3 is 36.4 Å². The van der Waals surface area contributed by atoms with Gasteiger partial charge in [-0.2, -0.15) is 0 Å². The number of nitrogens with two attached hydrogens (primary N) is 1. The molecule has 48 heavy (non-hydrogen) atoms. The average molecular weight is 666 g/mol. The van der Waals surface area contributed by atoms with Crippen molar-refractivity contribution in [3.05, 3.63) is 130 Å². The zero-order valence-electron chi connectivity index (χ0n) is 26.2. The molecule has 0 heterocycles. The lowest BCUT2D eigenvalue weighted by Crippen LogP contribution is -2.32. The van der Waals surface area contributed by atoms with Gasteiger partial charge in [-0.3, -0.25) is 9.59 Å². The summed E-state index contributed by atoms with van der Waals surface area (Å²) < 4.78 is 42.0. The Kier molecular flexibility index (Phi) is 12.2. The minimum Gasteiger partial charge on any atom is -0.508 e. The summed E-state index contributed by atoms with van der Waals surface area (Å²) in [6.07, 6.45) is -4.95. The van der Waals surface area contributed by atoms with Gasteiger partial charge >= 0.3 is 6.36 Å². The number of aliphatic hydroxyl groups is 2. The van der Waals surface area contributed by atoms with Crippen LogP contribution < -0.4 is 21.1 Å². The fourth-order valence-electron chi connectivity index (χ4n) is 5.34. The number of hydrogen-bond donors (Lipinski definition) is 6. The van der Waals surface area contributed by atoms with Gasteiger partial charge in [-0.1, -0.05) is 54.6 Å².